The van der Waals surface area contributed by atoms with E-state index in [9.17, 15) is 4.79 Å². The van der Waals surface area contributed by atoms with Crippen LogP contribution in [0.1, 0.15) is 10.4 Å². The number of nitrogen functional groups attached to an aromatic ring is 1. The first-order valence-corrected chi connectivity index (χ1v) is 6.71. The second-order valence-electron chi connectivity index (χ2n) is 3.79. The Labute approximate surface area is 120 Å². The number of carbonyl (C=O) groups is 1. The van der Waals surface area contributed by atoms with E-state index in [0.29, 0.717) is 21.2 Å². The monoisotopic (exact) mass is 293 g/mol. The van der Waals surface area contributed by atoms with Crippen molar-refractivity contribution in [1.82, 2.24) is 0 Å². The first-order chi connectivity index (χ1) is 9.11. The summed E-state index contributed by atoms with van der Waals surface area (Å²) in [4.78, 5) is 13.4. The van der Waals surface area contributed by atoms with Crippen molar-refractivity contribution in [3.63, 3.8) is 0 Å². The van der Waals surface area contributed by atoms with Gasteiger partial charge in [0, 0.05) is 15.5 Å². The van der Waals surface area contributed by atoms with Gasteiger partial charge in [0.15, 0.2) is 0 Å². The summed E-state index contributed by atoms with van der Waals surface area (Å²) in [6, 6.07) is 12.9. The quantitative estimate of drug-likeness (QED) is 0.689. The molecule has 0 saturated carbocycles. The number of hydrogen-bond donors (Lipinski definition) is 1. The highest BCUT2D eigenvalue weighted by atomic mass is 35.5. The van der Waals surface area contributed by atoms with Gasteiger partial charge in [0.2, 0.25) is 0 Å². The van der Waals surface area contributed by atoms with Crippen LogP contribution in [-0.2, 0) is 4.74 Å². The molecule has 0 unspecified atom stereocenters. The van der Waals surface area contributed by atoms with Crippen molar-refractivity contribution in [2.24, 2.45) is 0 Å². The number of anilines is 1. The molecule has 5 heteroatoms. The Morgan fingerprint density at radius 1 is 1.26 bits per heavy atom. The summed E-state index contributed by atoms with van der Waals surface area (Å²) in [6.07, 6.45) is 0. The van der Waals surface area contributed by atoms with Crippen LogP contribution in [-0.4, -0.2) is 13.1 Å². The standard InChI is InChI=1S/C14H12ClNO2S/c1-18-14(17)11-7-9(16)8-12(15)13(11)19-10-5-3-2-4-6-10/h2-8H,16H2,1H3. The zero-order chi connectivity index (χ0) is 13.8. The number of ether oxygens (including phenoxy) is 1. The van der Waals surface area contributed by atoms with Gasteiger partial charge in [-0.2, -0.15) is 0 Å². The molecule has 0 aliphatic carbocycles. The molecule has 2 rings (SSSR count). The van der Waals surface area contributed by atoms with Crippen LogP contribution in [0.3, 0.4) is 0 Å². The summed E-state index contributed by atoms with van der Waals surface area (Å²) in [5.74, 6) is -0.451. The molecule has 19 heavy (non-hydrogen) atoms. The van der Waals surface area contributed by atoms with Gasteiger partial charge >= 0.3 is 5.97 Å². The normalized spacial score (nSPS) is 10.2. The van der Waals surface area contributed by atoms with E-state index in [2.05, 4.69) is 0 Å². The lowest BCUT2D eigenvalue weighted by atomic mass is 10.2. The van der Waals surface area contributed by atoms with Crippen molar-refractivity contribution >= 4 is 35.0 Å². The van der Waals surface area contributed by atoms with Crippen LogP contribution in [0.15, 0.2) is 52.3 Å². The van der Waals surface area contributed by atoms with E-state index in [1.165, 1.54) is 18.9 Å². The SMILES string of the molecule is COC(=O)c1cc(N)cc(Cl)c1Sc1ccccc1. The minimum atomic E-state index is -0.451. The lowest BCUT2D eigenvalue weighted by Gasteiger charge is -2.10. The maximum absolute atomic E-state index is 11.8. The highest BCUT2D eigenvalue weighted by molar-refractivity contribution is 7.99. The predicted molar refractivity (Wildman–Crippen MR) is 77.8 cm³/mol. The van der Waals surface area contributed by atoms with Gasteiger partial charge in [-0.15, -0.1) is 0 Å². The van der Waals surface area contributed by atoms with Crippen molar-refractivity contribution in [2.75, 3.05) is 12.8 Å². The van der Waals surface area contributed by atoms with Crippen LogP contribution < -0.4 is 5.73 Å². The van der Waals surface area contributed by atoms with Gasteiger partial charge in [-0.3, -0.25) is 0 Å². The molecule has 0 atom stereocenters. The maximum Gasteiger partial charge on any atom is 0.339 e. The molecule has 2 N–H and O–H groups in total. The number of nitrogens with two attached hydrogens (primary N) is 1. The Morgan fingerprint density at radius 2 is 1.95 bits per heavy atom. The van der Waals surface area contributed by atoms with E-state index >= 15 is 0 Å². The summed E-state index contributed by atoms with van der Waals surface area (Å²) in [5, 5.41) is 0.439. The minimum Gasteiger partial charge on any atom is -0.465 e. The fraction of sp³-hybridized carbons (Fsp3) is 0.0714. The molecule has 0 aliphatic rings. The molecular weight excluding hydrogens is 282 g/mol. The average molecular weight is 294 g/mol. The number of hydrogen-bond acceptors (Lipinski definition) is 4. The smallest absolute Gasteiger partial charge is 0.339 e. The van der Waals surface area contributed by atoms with Gasteiger partial charge in [-0.1, -0.05) is 41.6 Å². The van der Waals surface area contributed by atoms with Crippen molar-refractivity contribution in [3.05, 3.63) is 53.1 Å². The van der Waals surface area contributed by atoms with E-state index in [-0.39, 0.29) is 0 Å². The zero-order valence-corrected chi connectivity index (χ0v) is 11.8. The largest absolute Gasteiger partial charge is 0.465 e. The summed E-state index contributed by atoms with van der Waals surface area (Å²) in [5.41, 5.74) is 6.52. The van der Waals surface area contributed by atoms with E-state index in [0.717, 1.165) is 4.90 Å². The van der Waals surface area contributed by atoms with Crippen molar-refractivity contribution in [2.45, 2.75) is 9.79 Å². The second kappa shape index (κ2) is 5.99. The molecule has 0 bridgehead atoms. The van der Waals surface area contributed by atoms with E-state index in [1.807, 2.05) is 30.3 Å². The van der Waals surface area contributed by atoms with Gasteiger partial charge in [0.25, 0.3) is 0 Å². The number of methoxy groups -OCH3 is 1. The van der Waals surface area contributed by atoms with Gasteiger partial charge in [0.05, 0.1) is 17.7 Å². The predicted octanol–water partition coefficient (Wildman–Crippen LogP) is 3.86. The van der Waals surface area contributed by atoms with Crippen molar-refractivity contribution in [3.8, 4) is 0 Å². The summed E-state index contributed by atoms with van der Waals surface area (Å²) >= 11 is 7.58. The van der Waals surface area contributed by atoms with Crippen LogP contribution in [0, 0.1) is 0 Å². The van der Waals surface area contributed by atoms with Crippen molar-refractivity contribution < 1.29 is 9.53 Å². The third kappa shape index (κ3) is 3.22. The molecule has 0 heterocycles. The van der Waals surface area contributed by atoms with Gasteiger partial charge < -0.3 is 10.5 Å². The number of halogens is 1. The molecule has 0 spiro atoms. The molecule has 2 aromatic carbocycles. The lowest BCUT2D eigenvalue weighted by molar-refractivity contribution is 0.0597. The number of esters is 1. The number of rotatable bonds is 3. The topological polar surface area (TPSA) is 52.3 Å². The van der Waals surface area contributed by atoms with E-state index in [4.69, 9.17) is 22.1 Å². The fourth-order valence-corrected chi connectivity index (χ4v) is 2.87. The Morgan fingerprint density at radius 3 is 2.58 bits per heavy atom. The molecular formula is C14H12ClNO2S. The first kappa shape index (κ1) is 13.8. The fourth-order valence-electron chi connectivity index (χ4n) is 1.59. The molecule has 0 aromatic heterocycles. The Hall–Kier alpha value is -1.65. The average Bonchev–Trinajstić information content (AvgIpc) is 2.42. The molecule has 0 saturated heterocycles. The zero-order valence-electron chi connectivity index (χ0n) is 10.2. The summed E-state index contributed by atoms with van der Waals surface area (Å²) in [7, 11) is 1.33. The Kier molecular flexibility index (Phi) is 4.35. The molecule has 0 amide bonds. The first-order valence-electron chi connectivity index (χ1n) is 5.52. The third-order valence-electron chi connectivity index (χ3n) is 2.43. The minimum absolute atomic E-state index is 0.376. The van der Waals surface area contributed by atoms with Crippen LogP contribution in [0.4, 0.5) is 5.69 Å². The van der Waals surface area contributed by atoms with Crippen LogP contribution in [0.2, 0.25) is 5.02 Å². The lowest BCUT2D eigenvalue weighted by Crippen LogP contribution is -2.04. The van der Waals surface area contributed by atoms with E-state index in [1.54, 1.807) is 12.1 Å². The third-order valence-corrected chi connectivity index (χ3v) is 4.00. The molecule has 0 aliphatic heterocycles. The number of carbonyl (C=O) groups excluding carboxylic acids is 1. The van der Waals surface area contributed by atoms with E-state index < -0.39 is 5.97 Å². The number of benzene rings is 2. The summed E-state index contributed by atoms with van der Waals surface area (Å²) < 4.78 is 4.76. The summed E-state index contributed by atoms with van der Waals surface area (Å²) in [6.45, 7) is 0. The molecule has 0 fully saturated rings. The Bertz CT molecular complexity index is 602. The van der Waals surface area contributed by atoms with Crippen LogP contribution >= 0.6 is 23.4 Å². The van der Waals surface area contributed by atoms with Crippen LogP contribution in [0.5, 0.6) is 0 Å². The maximum atomic E-state index is 11.8. The highest BCUT2D eigenvalue weighted by Crippen LogP contribution is 2.37. The van der Waals surface area contributed by atoms with Gasteiger partial charge in [-0.05, 0) is 24.3 Å². The molecule has 98 valence electrons. The van der Waals surface area contributed by atoms with Gasteiger partial charge in [-0.25, -0.2) is 4.79 Å². The van der Waals surface area contributed by atoms with Gasteiger partial charge in [0.1, 0.15) is 0 Å². The molecule has 0 radical (unpaired) electrons. The molecule has 2 aromatic rings. The van der Waals surface area contributed by atoms with Crippen LogP contribution in [0.25, 0.3) is 0 Å². The molecule has 3 nitrogen and oxygen atoms in total. The van der Waals surface area contributed by atoms with Crippen molar-refractivity contribution in [1.29, 1.82) is 0 Å². The second-order valence-corrected chi connectivity index (χ2v) is 5.28. The Balaban J connectivity index is 2.46. The highest BCUT2D eigenvalue weighted by Gasteiger charge is 2.17.